The third-order valence-corrected chi connectivity index (χ3v) is 6.99. The monoisotopic (exact) mass is 475 g/mol. The number of hydrogen-bond acceptors (Lipinski definition) is 8. The highest BCUT2D eigenvalue weighted by Crippen LogP contribution is 2.27. The molecule has 9 heteroatoms. The molecule has 3 rings (SSSR count). The van der Waals surface area contributed by atoms with Crippen LogP contribution in [0.15, 0.2) is 36.4 Å². The zero-order valence-corrected chi connectivity index (χ0v) is 19.9. The van der Waals surface area contributed by atoms with Crippen LogP contribution in [0.4, 0.5) is 5.69 Å². The van der Waals surface area contributed by atoms with E-state index in [-0.39, 0.29) is 11.9 Å². The predicted octanol–water partition coefficient (Wildman–Crippen LogP) is 2.93. The van der Waals surface area contributed by atoms with Crippen LogP contribution in [0, 0.1) is 0 Å². The van der Waals surface area contributed by atoms with E-state index in [0.29, 0.717) is 23.8 Å². The lowest BCUT2D eigenvalue weighted by Gasteiger charge is -2.18. The van der Waals surface area contributed by atoms with E-state index in [1.54, 1.807) is 11.8 Å². The third kappa shape index (κ3) is 6.40. The molecule has 0 radical (unpaired) electrons. The maximum absolute atomic E-state index is 13.0. The van der Waals surface area contributed by atoms with Gasteiger partial charge in [-0.2, -0.15) is 11.8 Å². The molecule has 32 heavy (non-hydrogen) atoms. The first kappa shape index (κ1) is 24.4. The Bertz CT molecular complexity index is 956. The van der Waals surface area contributed by atoms with Crippen LogP contribution in [0.2, 0.25) is 0 Å². The molecule has 2 aromatic carbocycles. The second-order valence-electron chi connectivity index (χ2n) is 7.65. The van der Waals surface area contributed by atoms with Gasteiger partial charge in [0, 0.05) is 41.0 Å². The van der Waals surface area contributed by atoms with Gasteiger partial charge in [-0.3, -0.25) is 9.59 Å². The zero-order valence-electron chi connectivity index (χ0n) is 18.3. The molecule has 1 aliphatic heterocycles. The van der Waals surface area contributed by atoms with E-state index >= 15 is 0 Å². The Kier molecular flexibility index (Phi) is 9.25. The van der Waals surface area contributed by atoms with Crippen LogP contribution >= 0.6 is 23.5 Å². The maximum atomic E-state index is 13.0. The summed E-state index contributed by atoms with van der Waals surface area (Å²) >= 11 is 2.94. The van der Waals surface area contributed by atoms with Crippen LogP contribution in [-0.4, -0.2) is 67.0 Å². The molecule has 2 aromatic rings. The molecule has 1 heterocycles. The average molecular weight is 476 g/mol. The summed E-state index contributed by atoms with van der Waals surface area (Å²) in [6, 6.07) is 11.1. The summed E-state index contributed by atoms with van der Waals surface area (Å²) in [4.78, 5) is 35.8. The summed E-state index contributed by atoms with van der Waals surface area (Å²) < 4.78 is 4.86. The van der Waals surface area contributed by atoms with E-state index in [4.69, 9.17) is 4.74 Å². The van der Waals surface area contributed by atoms with E-state index < -0.39 is 12.0 Å². The Morgan fingerprint density at radius 3 is 2.88 bits per heavy atom. The van der Waals surface area contributed by atoms with Gasteiger partial charge in [0.25, 0.3) is 5.91 Å². The molecule has 3 atom stereocenters. The van der Waals surface area contributed by atoms with Crippen LogP contribution in [0.1, 0.15) is 23.2 Å². The molecule has 1 saturated heterocycles. The van der Waals surface area contributed by atoms with Gasteiger partial charge in [-0.05, 0) is 42.4 Å². The number of carbonyl (C=O) groups is 3. The molecule has 7 nitrogen and oxygen atoms in total. The van der Waals surface area contributed by atoms with Gasteiger partial charge in [0.2, 0.25) is 0 Å². The Labute approximate surface area is 196 Å². The molecule has 0 spiro atoms. The lowest BCUT2D eigenvalue weighted by atomic mass is 10.0. The van der Waals surface area contributed by atoms with Gasteiger partial charge in [-0.25, -0.2) is 4.79 Å². The molecular formula is C23H29N3O4S2. The lowest BCUT2D eigenvalue weighted by molar-refractivity contribution is -0.142. The number of ether oxygens (including phenoxy) is 1. The summed E-state index contributed by atoms with van der Waals surface area (Å²) in [5.74, 6) is -0.0131. The van der Waals surface area contributed by atoms with Crippen LogP contribution in [0.25, 0.3) is 10.8 Å². The first-order chi connectivity index (χ1) is 15.5. The number of esters is 1. The summed E-state index contributed by atoms with van der Waals surface area (Å²) in [6.07, 6.45) is 3.37. The first-order valence-electron chi connectivity index (χ1n) is 10.5. The number of amides is 1. The van der Waals surface area contributed by atoms with Crippen molar-refractivity contribution >= 4 is 57.5 Å². The van der Waals surface area contributed by atoms with Gasteiger partial charge in [-0.1, -0.05) is 36.0 Å². The van der Waals surface area contributed by atoms with Crippen molar-refractivity contribution in [3.8, 4) is 0 Å². The van der Waals surface area contributed by atoms with Crippen LogP contribution < -0.4 is 16.0 Å². The Morgan fingerprint density at radius 2 is 2.12 bits per heavy atom. The van der Waals surface area contributed by atoms with Crippen molar-refractivity contribution < 1.29 is 19.1 Å². The summed E-state index contributed by atoms with van der Waals surface area (Å²) in [5.41, 5.74) is 2.25. The van der Waals surface area contributed by atoms with Gasteiger partial charge >= 0.3 is 5.97 Å². The van der Waals surface area contributed by atoms with Crippen molar-refractivity contribution in [1.82, 2.24) is 10.6 Å². The highest BCUT2D eigenvalue weighted by Gasteiger charge is 2.25. The highest BCUT2D eigenvalue weighted by molar-refractivity contribution is 8.12. The quantitative estimate of drug-likeness (QED) is 0.337. The average Bonchev–Trinajstić information content (AvgIpc) is 3.27. The zero-order chi connectivity index (χ0) is 22.9. The number of thioether (sulfide) groups is 2. The number of hydrogen-bond donors (Lipinski definition) is 3. The van der Waals surface area contributed by atoms with Gasteiger partial charge in [0.05, 0.1) is 7.11 Å². The van der Waals surface area contributed by atoms with E-state index in [9.17, 15) is 14.4 Å². The number of benzene rings is 2. The molecule has 172 valence electrons. The number of carbonyl (C=O) groups excluding carboxylic acids is 3. The maximum Gasteiger partial charge on any atom is 0.328 e. The fraction of sp³-hybridized carbons (Fsp3) is 0.435. The Hall–Kier alpha value is -2.23. The van der Waals surface area contributed by atoms with Gasteiger partial charge in [-0.15, -0.1) is 0 Å². The predicted molar refractivity (Wildman–Crippen MR) is 133 cm³/mol. The fourth-order valence-electron chi connectivity index (χ4n) is 3.81. The van der Waals surface area contributed by atoms with Crippen LogP contribution in [-0.2, 0) is 14.3 Å². The van der Waals surface area contributed by atoms with Crippen molar-refractivity contribution in [3.63, 3.8) is 0 Å². The fourth-order valence-corrected chi connectivity index (χ4v) is 4.97. The topological polar surface area (TPSA) is 96.5 Å². The first-order valence-corrected chi connectivity index (χ1v) is 12.9. The minimum Gasteiger partial charge on any atom is -0.467 e. The van der Waals surface area contributed by atoms with E-state index in [2.05, 4.69) is 16.0 Å². The molecule has 0 saturated carbocycles. The van der Waals surface area contributed by atoms with Crippen molar-refractivity contribution in [2.45, 2.75) is 30.2 Å². The van der Waals surface area contributed by atoms with Crippen molar-refractivity contribution in [2.75, 3.05) is 37.5 Å². The third-order valence-electron chi connectivity index (χ3n) is 5.49. The summed E-state index contributed by atoms with van der Waals surface area (Å²) in [7, 11) is 1.33. The smallest absolute Gasteiger partial charge is 0.328 e. The number of fused-ring (bicyclic) bond motifs is 1. The normalized spacial score (nSPS) is 18.8. The molecule has 3 N–H and O–H groups in total. The van der Waals surface area contributed by atoms with Gasteiger partial charge in [0.1, 0.15) is 6.04 Å². The largest absolute Gasteiger partial charge is 0.467 e. The molecule has 1 fully saturated rings. The van der Waals surface area contributed by atoms with Crippen molar-refractivity contribution in [1.29, 1.82) is 0 Å². The number of methoxy groups -OCH3 is 1. The second kappa shape index (κ2) is 12.1. The molecule has 0 aliphatic carbocycles. The molecule has 0 bridgehead atoms. The summed E-state index contributed by atoms with van der Waals surface area (Å²) in [5, 5.41) is 12.0. The molecule has 1 amide bonds. The number of anilines is 1. The lowest BCUT2D eigenvalue weighted by Crippen LogP contribution is -2.42. The Morgan fingerprint density at radius 1 is 1.31 bits per heavy atom. The second-order valence-corrected chi connectivity index (χ2v) is 9.77. The highest BCUT2D eigenvalue weighted by atomic mass is 32.2. The van der Waals surface area contributed by atoms with Crippen molar-refractivity contribution in [2.24, 2.45) is 0 Å². The minimum absolute atomic E-state index is 0.249. The number of rotatable bonds is 11. The molecule has 1 aliphatic rings. The summed E-state index contributed by atoms with van der Waals surface area (Å²) in [6.45, 7) is 1.49. The standard InChI is InChI=1S/C23H29N3O4S2/c1-30-23(29)20(7-8-31-2)26-22(28)16-9-15-5-3-4-6-19(15)21(10-16)25-12-17-11-18(13-24-17)32-14-27/h3-6,9-10,14,17-18,20,24-25H,7-8,11-13H2,1-2H3,(H,26,28)/t17-,18?,20?/m0/s1. The molecule has 0 aromatic heterocycles. The van der Waals surface area contributed by atoms with Crippen molar-refractivity contribution in [3.05, 3.63) is 42.0 Å². The van der Waals surface area contributed by atoms with Crippen LogP contribution in [0.5, 0.6) is 0 Å². The Balaban J connectivity index is 1.77. The van der Waals surface area contributed by atoms with Gasteiger partial charge < -0.3 is 20.7 Å². The molecular weight excluding hydrogens is 446 g/mol. The van der Waals surface area contributed by atoms with Crippen LogP contribution in [0.3, 0.4) is 0 Å². The minimum atomic E-state index is -0.683. The number of nitrogens with one attached hydrogen (secondary N) is 3. The SMILES string of the molecule is COC(=O)C(CCSC)NC(=O)c1cc(NC[C@@H]2CC(SC=O)CN2)c2ccccc2c1. The van der Waals surface area contributed by atoms with E-state index in [1.165, 1.54) is 18.9 Å². The van der Waals surface area contributed by atoms with Gasteiger partial charge in [0.15, 0.2) is 5.62 Å². The van der Waals surface area contributed by atoms with E-state index in [0.717, 1.165) is 40.8 Å². The molecule has 2 unspecified atom stereocenters. The van der Waals surface area contributed by atoms with E-state index in [1.807, 2.05) is 42.7 Å².